The maximum atomic E-state index is 13.0. The zero-order valence-corrected chi connectivity index (χ0v) is 17.9. The third-order valence-electron chi connectivity index (χ3n) is 5.18. The van der Waals surface area contributed by atoms with Crippen molar-refractivity contribution in [2.24, 2.45) is 11.8 Å². The van der Waals surface area contributed by atoms with Gasteiger partial charge in [-0.15, -0.1) is 11.3 Å². The third-order valence-corrected chi connectivity index (χ3v) is 6.66. The second kappa shape index (κ2) is 9.25. The number of carboxylic acid groups (broad SMARTS) is 1. The largest absolute Gasteiger partial charge is 0.481 e. The van der Waals surface area contributed by atoms with Gasteiger partial charge in [0.1, 0.15) is 0 Å². The van der Waals surface area contributed by atoms with Crippen LogP contribution in [0.1, 0.15) is 38.5 Å². The number of aliphatic carboxylic acids is 1. The molecule has 0 radical (unpaired) electrons. The van der Waals surface area contributed by atoms with Crippen LogP contribution < -0.4 is 4.90 Å². The second-order valence-corrected chi connectivity index (χ2v) is 8.90. The first-order valence-electron chi connectivity index (χ1n) is 9.25. The van der Waals surface area contributed by atoms with E-state index in [1.54, 1.807) is 25.2 Å². The quantitative estimate of drug-likeness (QED) is 0.594. The highest BCUT2D eigenvalue weighted by Gasteiger charge is 2.30. The summed E-state index contributed by atoms with van der Waals surface area (Å²) in [7, 11) is 1.65. The number of anilines is 1. The molecule has 28 heavy (non-hydrogen) atoms. The molecule has 8 heteroatoms. The average Bonchev–Trinajstić information content (AvgIpc) is 3.33. The van der Waals surface area contributed by atoms with Crippen molar-refractivity contribution in [2.45, 2.75) is 38.5 Å². The fourth-order valence-electron chi connectivity index (χ4n) is 3.73. The predicted molar refractivity (Wildman–Crippen MR) is 113 cm³/mol. The van der Waals surface area contributed by atoms with Crippen molar-refractivity contribution >= 4 is 51.5 Å². The van der Waals surface area contributed by atoms with Gasteiger partial charge in [0.15, 0.2) is 5.13 Å². The molecule has 1 heterocycles. The zero-order valence-electron chi connectivity index (χ0n) is 15.5. The van der Waals surface area contributed by atoms with E-state index >= 15 is 0 Å². The molecule has 0 unspecified atom stereocenters. The van der Waals surface area contributed by atoms with Crippen LogP contribution in [0.5, 0.6) is 0 Å². The molecule has 1 aromatic carbocycles. The topological polar surface area (TPSA) is 70.5 Å². The summed E-state index contributed by atoms with van der Waals surface area (Å²) in [6.07, 6.45) is 4.92. The van der Waals surface area contributed by atoms with Gasteiger partial charge >= 0.3 is 5.97 Å². The zero-order chi connectivity index (χ0) is 20.3. The van der Waals surface area contributed by atoms with Gasteiger partial charge in [-0.1, -0.05) is 48.9 Å². The first-order valence-corrected chi connectivity index (χ1v) is 10.9. The van der Waals surface area contributed by atoms with Crippen LogP contribution in [0, 0.1) is 11.8 Å². The van der Waals surface area contributed by atoms with E-state index in [0.717, 1.165) is 25.7 Å². The van der Waals surface area contributed by atoms with Crippen LogP contribution in [0.15, 0.2) is 23.6 Å². The molecule has 1 amide bonds. The number of amides is 1. The smallest absolute Gasteiger partial charge is 0.304 e. The summed E-state index contributed by atoms with van der Waals surface area (Å²) < 4.78 is 0. The highest BCUT2D eigenvalue weighted by molar-refractivity contribution is 7.14. The molecule has 1 aliphatic carbocycles. The van der Waals surface area contributed by atoms with Crippen molar-refractivity contribution in [3.63, 3.8) is 0 Å². The van der Waals surface area contributed by atoms with Crippen molar-refractivity contribution in [2.75, 3.05) is 11.9 Å². The average molecular weight is 441 g/mol. The standard InChI is InChI=1S/C20H22Cl2N2O3S/c1-24(19(27)13(9-18(25)26)8-12-4-2-3-5-12)20-23-17(11-28-20)15-10-14(21)6-7-16(15)22/h6-7,10-13H,2-5,8-9H2,1H3,(H,25,26)/t13-/m1/s1. The molecule has 1 aliphatic rings. The fraction of sp³-hybridized carbons (Fsp3) is 0.450. The number of rotatable bonds is 7. The summed E-state index contributed by atoms with van der Waals surface area (Å²) in [5, 5.41) is 12.7. The van der Waals surface area contributed by atoms with Crippen LogP contribution in [-0.2, 0) is 9.59 Å². The molecule has 1 fully saturated rings. The highest BCUT2D eigenvalue weighted by Crippen LogP contribution is 2.35. The number of thiazole rings is 1. The normalized spacial score (nSPS) is 15.5. The second-order valence-electron chi connectivity index (χ2n) is 7.22. The molecule has 150 valence electrons. The minimum atomic E-state index is -0.949. The van der Waals surface area contributed by atoms with Crippen LogP contribution in [-0.4, -0.2) is 29.0 Å². The predicted octanol–water partition coefficient (Wildman–Crippen LogP) is 5.75. The molecule has 0 spiro atoms. The lowest BCUT2D eigenvalue weighted by molar-refractivity contribution is -0.140. The fourth-order valence-corrected chi connectivity index (χ4v) is 4.92. The first-order chi connectivity index (χ1) is 13.3. The van der Waals surface area contributed by atoms with Crippen molar-refractivity contribution < 1.29 is 14.7 Å². The van der Waals surface area contributed by atoms with E-state index in [0.29, 0.717) is 38.8 Å². The van der Waals surface area contributed by atoms with E-state index < -0.39 is 11.9 Å². The van der Waals surface area contributed by atoms with Gasteiger partial charge in [0, 0.05) is 28.9 Å². The Balaban J connectivity index is 1.78. The minimum absolute atomic E-state index is 0.155. The molecule has 0 aliphatic heterocycles. The number of benzene rings is 1. The summed E-state index contributed by atoms with van der Waals surface area (Å²) in [6.45, 7) is 0. The molecular formula is C20H22Cl2N2O3S. The summed E-state index contributed by atoms with van der Waals surface area (Å²) in [5.41, 5.74) is 1.34. The Morgan fingerprint density at radius 3 is 2.71 bits per heavy atom. The summed E-state index contributed by atoms with van der Waals surface area (Å²) in [6, 6.07) is 5.14. The van der Waals surface area contributed by atoms with E-state index in [4.69, 9.17) is 23.2 Å². The number of carboxylic acids is 1. The van der Waals surface area contributed by atoms with Crippen molar-refractivity contribution in [1.29, 1.82) is 0 Å². The number of hydrogen-bond donors (Lipinski definition) is 1. The Morgan fingerprint density at radius 1 is 1.32 bits per heavy atom. The number of carbonyl (C=O) groups excluding carboxylic acids is 1. The summed E-state index contributed by atoms with van der Waals surface area (Å²) in [5.74, 6) is -1.26. The van der Waals surface area contributed by atoms with Crippen LogP contribution in [0.25, 0.3) is 11.3 Å². The summed E-state index contributed by atoms with van der Waals surface area (Å²) >= 11 is 13.6. The number of hydrogen-bond acceptors (Lipinski definition) is 4. The lowest BCUT2D eigenvalue weighted by Crippen LogP contribution is -2.35. The number of halogens is 2. The Morgan fingerprint density at radius 2 is 2.04 bits per heavy atom. The van der Waals surface area contributed by atoms with E-state index in [-0.39, 0.29) is 12.3 Å². The monoisotopic (exact) mass is 440 g/mol. The highest BCUT2D eigenvalue weighted by atomic mass is 35.5. The van der Waals surface area contributed by atoms with Gasteiger partial charge < -0.3 is 5.11 Å². The lowest BCUT2D eigenvalue weighted by Gasteiger charge is -2.23. The van der Waals surface area contributed by atoms with Crippen LogP contribution in [0.2, 0.25) is 10.0 Å². The molecule has 5 nitrogen and oxygen atoms in total. The molecule has 2 aromatic rings. The van der Waals surface area contributed by atoms with Gasteiger partial charge in [0.2, 0.25) is 5.91 Å². The third kappa shape index (κ3) is 5.04. The molecular weight excluding hydrogens is 419 g/mol. The Hall–Kier alpha value is -1.63. The van der Waals surface area contributed by atoms with Gasteiger partial charge in [0.25, 0.3) is 0 Å². The maximum absolute atomic E-state index is 13.0. The number of aromatic nitrogens is 1. The minimum Gasteiger partial charge on any atom is -0.481 e. The van der Waals surface area contributed by atoms with Gasteiger partial charge in [0.05, 0.1) is 17.1 Å². The Bertz CT molecular complexity index is 865. The molecule has 1 saturated carbocycles. The van der Waals surface area contributed by atoms with E-state index in [9.17, 15) is 14.7 Å². The molecule has 1 N–H and O–H groups in total. The first kappa shape index (κ1) is 21.1. The van der Waals surface area contributed by atoms with Gasteiger partial charge in [-0.25, -0.2) is 4.98 Å². The van der Waals surface area contributed by atoms with Gasteiger partial charge in [-0.2, -0.15) is 0 Å². The SMILES string of the molecule is CN(C(=O)[C@@H](CC(=O)O)CC1CCCC1)c1nc(-c2cc(Cl)ccc2Cl)cs1. The van der Waals surface area contributed by atoms with E-state index in [1.165, 1.54) is 16.2 Å². The summed E-state index contributed by atoms with van der Waals surface area (Å²) in [4.78, 5) is 30.3. The van der Waals surface area contributed by atoms with Gasteiger partial charge in [-0.05, 0) is 30.5 Å². The molecule has 0 saturated heterocycles. The van der Waals surface area contributed by atoms with Gasteiger partial charge in [-0.3, -0.25) is 14.5 Å². The van der Waals surface area contributed by atoms with Crippen molar-refractivity contribution in [3.05, 3.63) is 33.6 Å². The molecule has 1 atom stereocenters. The number of nitrogens with zero attached hydrogens (tertiary/aromatic N) is 2. The van der Waals surface area contributed by atoms with E-state index in [2.05, 4.69) is 4.98 Å². The van der Waals surface area contributed by atoms with Crippen LogP contribution in [0.4, 0.5) is 5.13 Å². The van der Waals surface area contributed by atoms with Crippen molar-refractivity contribution in [1.82, 2.24) is 4.98 Å². The molecule has 1 aromatic heterocycles. The van der Waals surface area contributed by atoms with Crippen molar-refractivity contribution in [3.8, 4) is 11.3 Å². The number of carbonyl (C=O) groups is 2. The lowest BCUT2D eigenvalue weighted by atomic mass is 9.90. The van der Waals surface area contributed by atoms with E-state index in [1.807, 2.05) is 5.38 Å². The Labute approximate surface area is 178 Å². The van der Waals surface area contributed by atoms with Crippen LogP contribution in [0.3, 0.4) is 0 Å². The molecule has 3 rings (SSSR count). The Kier molecular flexibility index (Phi) is 6.96. The molecule has 0 bridgehead atoms. The maximum Gasteiger partial charge on any atom is 0.304 e. The van der Waals surface area contributed by atoms with Crippen LogP contribution >= 0.6 is 34.5 Å².